The summed E-state index contributed by atoms with van der Waals surface area (Å²) in [5.41, 5.74) is 0.734. The molecule has 2 rings (SSSR count). The monoisotopic (exact) mass is 220 g/mol. The van der Waals surface area contributed by atoms with Crippen LogP contribution >= 0.6 is 0 Å². The van der Waals surface area contributed by atoms with E-state index in [1.807, 2.05) is 12.1 Å². The molecule has 0 atom stereocenters. The summed E-state index contributed by atoms with van der Waals surface area (Å²) in [5.74, 6) is 1.08. The van der Waals surface area contributed by atoms with E-state index in [4.69, 9.17) is 0 Å². The third kappa shape index (κ3) is 2.73. The minimum atomic E-state index is 0.208. The number of carbonyl (C=O) groups excluding carboxylic acids is 1. The number of piperidine rings is 1. The van der Waals surface area contributed by atoms with Gasteiger partial charge in [-0.2, -0.15) is 0 Å². The van der Waals surface area contributed by atoms with Gasteiger partial charge in [-0.1, -0.05) is 13.3 Å². The van der Waals surface area contributed by atoms with Gasteiger partial charge in [0.1, 0.15) is 0 Å². The number of hydrogen-bond donors (Lipinski definition) is 1. The van der Waals surface area contributed by atoms with E-state index >= 15 is 0 Å². The van der Waals surface area contributed by atoms with E-state index in [1.165, 1.54) is 19.3 Å². The minimum absolute atomic E-state index is 0.208. The molecule has 0 amide bonds. The van der Waals surface area contributed by atoms with Crippen LogP contribution in [-0.2, 0) is 0 Å². The van der Waals surface area contributed by atoms with Crippen molar-refractivity contribution in [2.75, 3.05) is 19.6 Å². The van der Waals surface area contributed by atoms with Gasteiger partial charge in [0.2, 0.25) is 0 Å². The average molecular weight is 220 g/mol. The maximum absolute atomic E-state index is 11.9. The van der Waals surface area contributed by atoms with Crippen LogP contribution in [0, 0.1) is 5.92 Å². The Morgan fingerprint density at radius 1 is 1.50 bits per heavy atom. The number of aromatic nitrogens is 1. The first-order chi connectivity index (χ1) is 7.79. The third-order valence-corrected chi connectivity index (χ3v) is 3.55. The topological polar surface area (TPSA) is 36.1 Å². The molecule has 0 aromatic carbocycles. The Balaban J connectivity index is 1.81. The standard InChI is InChI=1S/C13H20N2O/c1-2-11-5-8-15(9-6-11)10-13(16)12-4-3-7-14-12/h3-4,7,11,14H,2,5-6,8-10H2,1H3. The van der Waals surface area contributed by atoms with E-state index in [0.717, 1.165) is 24.7 Å². The molecule has 0 unspecified atom stereocenters. The van der Waals surface area contributed by atoms with Crippen molar-refractivity contribution < 1.29 is 4.79 Å². The molecule has 0 bridgehead atoms. The van der Waals surface area contributed by atoms with Crippen LogP contribution in [0.3, 0.4) is 0 Å². The van der Waals surface area contributed by atoms with Gasteiger partial charge in [-0.3, -0.25) is 9.69 Å². The highest BCUT2D eigenvalue weighted by atomic mass is 16.1. The molecular weight excluding hydrogens is 200 g/mol. The number of likely N-dealkylation sites (tertiary alicyclic amines) is 1. The number of H-pyrrole nitrogens is 1. The number of Topliss-reactive ketones (excluding diaryl/α,β-unsaturated/α-hetero) is 1. The summed E-state index contributed by atoms with van der Waals surface area (Å²) < 4.78 is 0. The molecule has 1 aromatic rings. The van der Waals surface area contributed by atoms with Crippen molar-refractivity contribution in [3.05, 3.63) is 24.0 Å². The molecular formula is C13H20N2O. The van der Waals surface area contributed by atoms with Crippen LogP contribution in [0.2, 0.25) is 0 Å². The highest BCUT2D eigenvalue weighted by molar-refractivity contribution is 5.95. The summed E-state index contributed by atoms with van der Waals surface area (Å²) in [6, 6.07) is 3.72. The Kier molecular flexibility index (Phi) is 3.78. The molecule has 88 valence electrons. The first-order valence-electron chi connectivity index (χ1n) is 6.18. The second-order valence-electron chi connectivity index (χ2n) is 4.63. The van der Waals surface area contributed by atoms with Gasteiger partial charge < -0.3 is 4.98 Å². The number of rotatable bonds is 4. The van der Waals surface area contributed by atoms with Crippen LogP contribution in [0.15, 0.2) is 18.3 Å². The molecule has 1 aliphatic heterocycles. The zero-order valence-corrected chi connectivity index (χ0v) is 9.91. The fourth-order valence-electron chi connectivity index (χ4n) is 2.34. The molecule has 0 aliphatic carbocycles. The lowest BCUT2D eigenvalue weighted by Gasteiger charge is -2.30. The molecule has 0 saturated carbocycles. The van der Waals surface area contributed by atoms with Crippen molar-refractivity contribution in [3.8, 4) is 0 Å². The lowest BCUT2D eigenvalue weighted by atomic mass is 9.94. The minimum Gasteiger partial charge on any atom is -0.359 e. The van der Waals surface area contributed by atoms with Crippen molar-refractivity contribution in [1.82, 2.24) is 9.88 Å². The van der Waals surface area contributed by atoms with E-state index in [1.54, 1.807) is 6.20 Å². The first kappa shape index (κ1) is 11.4. The number of nitrogens with one attached hydrogen (secondary N) is 1. The highest BCUT2D eigenvalue weighted by Crippen LogP contribution is 2.19. The van der Waals surface area contributed by atoms with Crippen LogP contribution < -0.4 is 0 Å². The van der Waals surface area contributed by atoms with Crippen molar-refractivity contribution >= 4 is 5.78 Å². The van der Waals surface area contributed by atoms with Gasteiger partial charge in [-0.15, -0.1) is 0 Å². The Morgan fingerprint density at radius 3 is 2.81 bits per heavy atom. The van der Waals surface area contributed by atoms with E-state index in [9.17, 15) is 4.79 Å². The van der Waals surface area contributed by atoms with Crippen molar-refractivity contribution in [3.63, 3.8) is 0 Å². The normalized spacial score (nSPS) is 18.8. The van der Waals surface area contributed by atoms with Crippen LogP contribution in [-0.4, -0.2) is 35.3 Å². The fourth-order valence-corrected chi connectivity index (χ4v) is 2.34. The van der Waals surface area contributed by atoms with Crippen LogP contribution in [0.1, 0.15) is 36.7 Å². The maximum Gasteiger partial charge on any atom is 0.192 e. The lowest BCUT2D eigenvalue weighted by Crippen LogP contribution is -2.37. The largest absolute Gasteiger partial charge is 0.359 e. The number of aromatic amines is 1. The summed E-state index contributed by atoms with van der Waals surface area (Å²) in [6.45, 7) is 4.97. The second-order valence-corrected chi connectivity index (χ2v) is 4.63. The second kappa shape index (κ2) is 5.30. The van der Waals surface area contributed by atoms with Gasteiger partial charge in [0.05, 0.1) is 12.2 Å². The Bertz CT molecular complexity index is 324. The molecule has 3 nitrogen and oxygen atoms in total. The molecule has 1 aliphatic rings. The van der Waals surface area contributed by atoms with Crippen LogP contribution in [0.25, 0.3) is 0 Å². The maximum atomic E-state index is 11.9. The van der Waals surface area contributed by atoms with E-state index in [2.05, 4.69) is 16.8 Å². The molecule has 1 N–H and O–H groups in total. The zero-order valence-electron chi connectivity index (χ0n) is 9.91. The molecule has 0 radical (unpaired) electrons. The van der Waals surface area contributed by atoms with Crippen LogP contribution in [0.4, 0.5) is 0 Å². The predicted octanol–water partition coefficient (Wildman–Crippen LogP) is 2.32. The Hall–Kier alpha value is -1.09. The van der Waals surface area contributed by atoms with Gasteiger partial charge in [0, 0.05) is 6.20 Å². The quantitative estimate of drug-likeness (QED) is 0.790. The highest BCUT2D eigenvalue weighted by Gasteiger charge is 2.20. The van der Waals surface area contributed by atoms with Gasteiger partial charge in [0.25, 0.3) is 0 Å². The third-order valence-electron chi connectivity index (χ3n) is 3.55. The van der Waals surface area contributed by atoms with Gasteiger partial charge in [-0.05, 0) is 44.0 Å². The number of ketones is 1. The fraction of sp³-hybridized carbons (Fsp3) is 0.615. The van der Waals surface area contributed by atoms with Crippen molar-refractivity contribution in [1.29, 1.82) is 0 Å². The summed E-state index contributed by atoms with van der Waals surface area (Å²) >= 11 is 0. The molecule has 1 aromatic heterocycles. The molecule has 1 saturated heterocycles. The molecule has 3 heteroatoms. The molecule has 1 fully saturated rings. The summed E-state index contributed by atoms with van der Waals surface area (Å²) in [5, 5.41) is 0. The van der Waals surface area contributed by atoms with Crippen molar-refractivity contribution in [2.24, 2.45) is 5.92 Å². The molecule has 16 heavy (non-hydrogen) atoms. The smallest absolute Gasteiger partial charge is 0.192 e. The number of hydrogen-bond acceptors (Lipinski definition) is 2. The van der Waals surface area contributed by atoms with Crippen molar-refractivity contribution in [2.45, 2.75) is 26.2 Å². The summed E-state index contributed by atoms with van der Waals surface area (Å²) in [7, 11) is 0. The van der Waals surface area contributed by atoms with Crippen LogP contribution in [0.5, 0.6) is 0 Å². The number of carbonyl (C=O) groups is 1. The van der Waals surface area contributed by atoms with Gasteiger partial charge >= 0.3 is 0 Å². The van der Waals surface area contributed by atoms with E-state index in [-0.39, 0.29) is 5.78 Å². The van der Waals surface area contributed by atoms with E-state index < -0.39 is 0 Å². The summed E-state index contributed by atoms with van der Waals surface area (Å²) in [4.78, 5) is 17.1. The van der Waals surface area contributed by atoms with E-state index in [0.29, 0.717) is 6.54 Å². The average Bonchev–Trinajstić information content (AvgIpc) is 2.83. The van der Waals surface area contributed by atoms with Gasteiger partial charge in [0.15, 0.2) is 5.78 Å². The summed E-state index contributed by atoms with van der Waals surface area (Å²) in [6.07, 6.45) is 5.57. The Morgan fingerprint density at radius 2 is 2.25 bits per heavy atom. The number of nitrogens with zero attached hydrogens (tertiary/aromatic N) is 1. The van der Waals surface area contributed by atoms with Gasteiger partial charge in [-0.25, -0.2) is 0 Å². The SMILES string of the molecule is CCC1CCN(CC(=O)c2ccc[nH]2)CC1. The Labute approximate surface area is 96.8 Å². The predicted molar refractivity (Wildman–Crippen MR) is 64.6 cm³/mol. The first-order valence-corrected chi connectivity index (χ1v) is 6.18. The lowest BCUT2D eigenvalue weighted by molar-refractivity contribution is 0.0890. The molecule has 2 heterocycles. The molecule has 0 spiro atoms. The zero-order chi connectivity index (χ0) is 11.4.